The molecule has 0 amide bonds. The van der Waals surface area contributed by atoms with Crippen LogP contribution in [0.1, 0.15) is 17.0 Å². The van der Waals surface area contributed by atoms with Crippen LogP contribution in [0, 0.1) is 18.3 Å². The Balaban J connectivity index is 1.98. The lowest BCUT2D eigenvalue weighted by atomic mass is 10.2. The molecule has 3 rings (SSSR count). The van der Waals surface area contributed by atoms with Crippen molar-refractivity contribution in [2.75, 3.05) is 0 Å². The van der Waals surface area contributed by atoms with Crippen LogP contribution in [0.2, 0.25) is 0 Å². The van der Waals surface area contributed by atoms with Crippen LogP contribution in [0.4, 0.5) is 13.2 Å². The standard InChI is InChI=1S/C16H9F3N2O2/c1-9-21-14-10(8-20)2-7-13(15(14)22-9)23-12-5-3-11(4-6-12)16(17,18)19/h2-7H,1H3. The van der Waals surface area contributed by atoms with E-state index in [-0.39, 0.29) is 17.1 Å². The molecule has 0 aliphatic carbocycles. The summed E-state index contributed by atoms with van der Waals surface area (Å²) in [5, 5.41) is 9.05. The summed E-state index contributed by atoms with van der Waals surface area (Å²) in [7, 11) is 0. The van der Waals surface area contributed by atoms with E-state index >= 15 is 0 Å². The van der Waals surface area contributed by atoms with E-state index in [0.29, 0.717) is 17.0 Å². The number of aromatic nitrogens is 1. The van der Waals surface area contributed by atoms with Crippen molar-refractivity contribution in [3.8, 4) is 17.6 Å². The molecule has 0 unspecified atom stereocenters. The highest BCUT2D eigenvalue weighted by Crippen LogP contribution is 2.34. The maximum atomic E-state index is 12.5. The summed E-state index contributed by atoms with van der Waals surface area (Å²) < 4.78 is 48.6. The van der Waals surface area contributed by atoms with Gasteiger partial charge in [0.1, 0.15) is 17.3 Å². The summed E-state index contributed by atoms with van der Waals surface area (Å²) >= 11 is 0. The Morgan fingerprint density at radius 3 is 2.43 bits per heavy atom. The third-order valence-corrected chi connectivity index (χ3v) is 3.14. The van der Waals surface area contributed by atoms with Gasteiger partial charge in [0.15, 0.2) is 17.2 Å². The van der Waals surface area contributed by atoms with E-state index in [4.69, 9.17) is 14.4 Å². The third-order valence-electron chi connectivity index (χ3n) is 3.14. The first kappa shape index (κ1) is 14.9. The van der Waals surface area contributed by atoms with Gasteiger partial charge in [0.25, 0.3) is 0 Å². The van der Waals surface area contributed by atoms with Crippen LogP contribution in [0.15, 0.2) is 40.8 Å². The third kappa shape index (κ3) is 2.83. The first-order chi connectivity index (χ1) is 10.9. The maximum Gasteiger partial charge on any atom is 0.416 e. The van der Waals surface area contributed by atoms with E-state index in [2.05, 4.69) is 4.98 Å². The molecule has 1 aromatic heterocycles. The topological polar surface area (TPSA) is 59.0 Å². The van der Waals surface area contributed by atoms with Gasteiger partial charge < -0.3 is 9.15 Å². The van der Waals surface area contributed by atoms with E-state index in [1.165, 1.54) is 24.3 Å². The second kappa shape index (κ2) is 5.32. The molecular weight excluding hydrogens is 309 g/mol. The number of oxazole rings is 1. The van der Waals surface area contributed by atoms with E-state index in [9.17, 15) is 13.2 Å². The molecule has 23 heavy (non-hydrogen) atoms. The number of hydrogen-bond donors (Lipinski definition) is 0. The summed E-state index contributed by atoms with van der Waals surface area (Å²) in [4.78, 5) is 4.11. The summed E-state index contributed by atoms with van der Waals surface area (Å²) in [5.74, 6) is 0.859. The normalized spacial score (nSPS) is 11.4. The lowest BCUT2D eigenvalue weighted by molar-refractivity contribution is -0.137. The highest BCUT2D eigenvalue weighted by Gasteiger charge is 2.30. The largest absolute Gasteiger partial charge is 0.453 e. The van der Waals surface area contributed by atoms with Gasteiger partial charge in [-0.25, -0.2) is 4.98 Å². The molecule has 0 N–H and O–H groups in total. The number of nitriles is 1. The highest BCUT2D eigenvalue weighted by molar-refractivity contribution is 5.85. The van der Waals surface area contributed by atoms with Crippen LogP contribution in [-0.4, -0.2) is 4.98 Å². The summed E-state index contributed by atoms with van der Waals surface area (Å²) in [5.41, 5.74) is 0.206. The van der Waals surface area contributed by atoms with Crippen LogP contribution in [-0.2, 0) is 6.18 Å². The van der Waals surface area contributed by atoms with Gasteiger partial charge in [-0.1, -0.05) is 0 Å². The van der Waals surface area contributed by atoms with Crippen LogP contribution in [0.3, 0.4) is 0 Å². The Morgan fingerprint density at radius 1 is 1.13 bits per heavy atom. The van der Waals surface area contributed by atoms with Gasteiger partial charge in [0, 0.05) is 6.92 Å². The quantitative estimate of drug-likeness (QED) is 0.680. The average molecular weight is 318 g/mol. The first-order valence-corrected chi connectivity index (χ1v) is 6.54. The maximum absolute atomic E-state index is 12.5. The van der Waals surface area contributed by atoms with Crippen molar-refractivity contribution in [3.05, 3.63) is 53.4 Å². The number of fused-ring (bicyclic) bond motifs is 1. The number of nitrogens with zero attached hydrogens (tertiary/aromatic N) is 2. The SMILES string of the molecule is Cc1nc2c(C#N)ccc(Oc3ccc(C(F)(F)F)cc3)c2o1. The zero-order valence-corrected chi connectivity index (χ0v) is 11.8. The average Bonchev–Trinajstić information content (AvgIpc) is 2.89. The Hall–Kier alpha value is -3.01. The lowest BCUT2D eigenvalue weighted by Crippen LogP contribution is -2.04. The Kier molecular flexibility index (Phi) is 3.45. The molecule has 0 atom stereocenters. The fraction of sp³-hybridized carbons (Fsp3) is 0.125. The van der Waals surface area contributed by atoms with Crippen LogP contribution in [0.25, 0.3) is 11.1 Å². The minimum Gasteiger partial charge on any atom is -0.453 e. The molecule has 0 spiro atoms. The van der Waals surface area contributed by atoms with Crippen molar-refractivity contribution in [1.82, 2.24) is 4.98 Å². The zero-order chi connectivity index (χ0) is 16.6. The fourth-order valence-electron chi connectivity index (χ4n) is 2.10. The molecule has 0 bridgehead atoms. The van der Waals surface area contributed by atoms with Gasteiger partial charge in [0.05, 0.1) is 11.1 Å². The molecule has 4 nitrogen and oxygen atoms in total. The van der Waals surface area contributed by atoms with E-state index < -0.39 is 11.7 Å². The molecule has 0 radical (unpaired) electrons. The molecule has 1 heterocycles. The summed E-state index contributed by atoms with van der Waals surface area (Å²) in [6.45, 7) is 1.63. The molecular formula is C16H9F3N2O2. The molecule has 0 aliphatic heterocycles. The minimum atomic E-state index is -4.40. The van der Waals surface area contributed by atoms with Crippen LogP contribution in [0.5, 0.6) is 11.5 Å². The second-order valence-corrected chi connectivity index (χ2v) is 4.76. The predicted molar refractivity (Wildman–Crippen MR) is 75.0 cm³/mol. The van der Waals surface area contributed by atoms with Gasteiger partial charge in [-0.05, 0) is 36.4 Å². The Bertz CT molecular complexity index is 906. The minimum absolute atomic E-state index is 0.220. The fourth-order valence-corrected chi connectivity index (χ4v) is 2.10. The number of aryl methyl sites for hydroxylation is 1. The van der Waals surface area contributed by atoms with Gasteiger partial charge in [0.2, 0.25) is 0 Å². The number of halogens is 3. The monoisotopic (exact) mass is 318 g/mol. The Labute approximate surface area is 128 Å². The van der Waals surface area contributed by atoms with E-state index in [1.807, 2.05) is 6.07 Å². The summed E-state index contributed by atoms with van der Waals surface area (Å²) in [6.07, 6.45) is -4.40. The molecule has 2 aromatic carbocycles. The molecule has 0 saturated heterocycles. The van der Waals surface area contributed by atoms with Crippen molar-refractivity contribution < 1.29 is 22.3 Å². The lowest BCUT2D eigenvalue weighted by Gasteiger charge is -2.09. The summed E-state index contributed by atoms with van der Waals surface area (Å²) in [6, 6.07) is 9.33. The van der Waals surface area contributed by atoms with Gasteiger partial charge in [-0.3, -0.25) is 0 Å². The van der Waals surface area contributed by atoms with Gasteiger partial charge in [-0.2, -0.15) is 18.4 Å². The van der Waals surface area contributed by atoms with Gasteiger partial charge >= 0.3 is 6.18 Å². The number of rotatable bonds is 2. The number of benzene rings is 2. The van der Waals surface area contributed by atoms with Gasteiger partial charge in [-0.15, -0.1) is 0 Å². The van der Waals surface area contributed by atoms with Crippen molar-refractivity contribution in [1.29, 1.82) is 5.26 Å². The number of alkyl halides is 3. The first-order valence-electron chi connectivity index (χ1n) is 6.54. The predicted octanol–water partition coefficient (Wildman–Crippen LogP) is 4.82. The molecule has 0 fully saturated rings. The zero-order valence-electron chi connectivity index (χ0n) is 11.8. The van der Waals surface area contributed by atoms with Crippen molar-refractivity contribution in [2.24, 2.45) is 0 Å². The molecule has 7 heteroatoms. The number of hydrogen-bond acceptors (Lipinski definition) is 4. The van der Waals surface area contributed by atoms with Crippen molar-refractivity contribution in [3.63, 3.8) is 0 Å². The molecule has 116 valence electrons. The van der Waals surface area contributed by atoms with E-state index in [1.54, 1.807) is 6.92 Å². The van der Waals surface area contributed by atoms with Crippen molar-refractivity contribution in [2.45, 2.75) is 13.1 Å². The van der Waals surface area contributed by atoms with E-state index in [0.717, 1.165) is 12.1 Å². The Morgan fingerprint density at radius 2 is 1.83 bits per heavy atom. The van der Waals surface area contributed by atoms with Crippen LogP contribution < -0.4 is 4.74 Å². The molecule has 0 saturated carbocycles. The highest BCUT2D eigenvalue weighted by atomic mass is 19.4. The number of ether oxygens (including phenoxy) is 1. The van der Waals surface area contributed by atoms with Crippen LogP contribution >= 0.6 is 0 Å². The smallest absolute Gasteiger partial charge is 0.416 e. The van der Waals surface area contributed by atoms with Crippen molar-refractivity contribution >= 4 is 11.1 Å². The second-order valence-electron chi connectivity index (χ2n) is 4.76. The molecule has 0 aliphatic rings. The molecule has 3 aromatic rings.